The zero-order valence-electron chi connectivity index (χ0n) is 16.2. The van der Waals surface area contributed by atoms with Gasteiger partial charge in [0.25, 0.3) is 0 Å². The minimum Gasteiger partial charge on any atom is -0.486 e. The van der Waals surface area contributed by atoms with Gasteiger partial charge >= 0.3 is 0 Å². The van der Waals surface area contributed by atoms with Crippen LogP contribution in [0.25, 0.3) is 11.4 Å². The maximum absolute atomic E-state index is 12.4. The van der Waals surface area contributed by atoms with Gasteiger partial charge in [0, 0.05) is 32.0 Å². The van der Waals surface area contributed by atoms with Gasteiger partial charge in [0.1, 0.15) is 18.8 Å². The van der Waals surface area contributed by atoms with Gasteiger partial charge in [0.2, 0.25) is 11.8 Å². The van der Waals surface area contributed by atoms with Crippen molar-refractivity contribution in [2.45, 2.75) is 5.16 Å². The van der Waals surface area contributed by atoms with Crippen LogP contribution in [0.3, 0.4) is 0 Å². The molecule has 1 aliphatic rings. The predicted molar refractivity (Wildman–Crippen MR) is 107 cm³/mol. The van der Waals surface area contributed by atoms with Crippen LogP contribution in [0.5, 0.6) is 17.4 Å². The Balaban J connectivity index is 1.40. The van der Waals surface area contributed by atoms with E-state index in [0.29, 0.717) is 47.3 Å². The molecule has 2 aromatic heterocycles. The topological polar surface area (TPSA) is 105 Å². The SMILES string of the molecule is COc1nn(C)cc1-c1nnc(SCC(=O)Nc2ccc3c(c2)OCCO3)n1C. The highest BCUT2D eigenvalue weighted by Crippen LogP contribution is 2.33. The first kappa shape index (κ1) is 19.1. The summed E-state index contributed by atoms with van der Waals surface area (Å²) in [4.78, 5) is 12.4. The summed E-state index contributed by atoms with van der Waals surface area (Å²) in [5.41, 5.74) is 1.39. The maximum Gasteiger partial charge on any atom is 0.243 e. The van der Waals surface area contributed by atoms with Crippen LogP contribution in [0.2, 0.25) is 0 Å². The normalized spacial score (nSPS) is 12.7. The number of benzene rings is 1. The third kappa shape index (κ3) is 3.99. The Hall–Kier alpha value is -3.21. The summed E-state index contributed by atoms with van der Waals surface area (Å²) >= 11 is 1.29. The molecule has 29 heavy (non-hydrogen) atoms. The number of hydrogen-bond acceptors (Lipinski definition) is 8. The Morgan fingerprint density at radius 1 is 1.24 bits per heavy atom. The Kier molecular flexibility index (Phi) is 5.30. The van der Waals surface area contributed by atoms with Gasteiger partial charge in [-0.3, -0.25) is 9.48 Å². The van der Waals surface area contributed by atoms with Gasteiger partial charge in [-0.15, -0.1) is 15.3 Å². The number of carbonyl (C=O) groups is 1. The molecule has 11 heteroatoms. The lowest BCUT2D eigenvalue weighted by atomic mass is 10.2. The third-order valence-electron chi connectivity index (χ3n) is 4.22. The van der Waals surface area contributed by atoms with Crippen molar-refractivity contribution in [1.29, 1.82) is 0 Å². The molecule has 152 valence electrons. The molecule has 3 heterocycles. The van der Waals surface area contributed by atoms with Crippen molar-refractivity contribution in [2.24, 2.45) is 14.1 Å². The summed E-state index contributed by atoms with van der Waals surface area (Å²) in [6.45, 7) is 1.02. The number of nitrogens with zero attached hydrogens (tertiary/aromatic N) is 5. The number of methoxy groups -OCH3 is 1. The lowest BCUT2D eigenvalue weighted by Gasteiger charge is -2.18. The number of hydrogen-bond donors (Lipinski definition) is 1. The highest BCUT2D eigenvalue weighted by atomic mass is 32.2. The van der Waals surface area contributed by atoms with Crippen molar-refractivity contribution in [3.05, 3.63) is 24.4 Å². The van der Waals surface area contributed by atoms with Gasteiger partial charge in [-0.2, -0.15) is 0 Å². The fourth-order valence-electron chi connectivity index (χ4n) is 2.90. The summed E-state index contributed by atoms with van der Waals surface area (Å²) in [5.74, 6) is 2.42. The monoisotopic (exact) mass is 416 g/mol. The van der Waals surface area contributed by atoms with E-state index in [1.807, 2.05) is 17.8 Å². The van der Waals surface area contributed by atoms with E-state index in [0.717, 1.165) is 5.56 Å². The van der Waals surface area contributed by atoms with Gasteiger partial charge in [0.15, 0.2) is 22.5 Å². The molecule has 1 N–H and O–H groups in total. The van der Waals surface area contributed by atoms with Crippen molar-refractivity contribution < 1.29 is 19.0 Å². The molecule has 0 unspecified atom stereocenters. The maximum atomic E-state index is 12.4. The van der Waals surface area contributed by atoms with Crippen molar-refractivity contribution >= 4 is 23.4 Å². The molecule has 1 amide bonds. The van der Waals surface area contributed by atoms with Crippen molar-refractivity contribution in [3.63, 3.8) is 0 Å². The van der Waals surface area contributed by atoms with E-state index in [1.54, 1.807) is 37.0 Å². The standard InChI is InChI=1S/C18H20N6O4S/c1-23-9-12(17(22-23)26-3)16-20-21-18(24(16)2)29-10-15(25)19-11-4-5-13-14(8-11)28-7-6-27-13/h4-5,8-9H,6-7,10H2,1-3H3,(H,19,25). The number of thioether (sulfide) groups is 1. The molecule has 3 aromatic rings. The van der Waals surface area contributed by atoms with Crippen LogP contribution < -0.4 is 19.5 Å². The Labute approximate surface area is 171 Å². The molecule has 0 fully saturated rings. The van der Waals surface area contributed by atoms with E-state index in [9.17, 15) is 4.79 Å². The fraction of sp³-hybridized carbons (Fsp3) is 0.333. The van der Waals surface area contributed by atoms with E-state index in [1.165, 1.54) is 11.8 Å². The molecule has 1 aromatic carbocycles. The van der Waals surface area contributed by atoms with E-state index in [-0.39, 0.29) is 11.7 Å². The second-order valence-corrected chi connectivity index (χ2v) is 7.23. The summed E-state index contributed by atoms with van der Waals surface area (Å²) in [6.07, 6.45) is 1.81. The third-order valence-corrected chi connectivity index (χ3v) is 5.24. The van der Waals surface area contributed by atoms with E-state index >= 15 is 0 Å². The number of amides is 1. The lowest BCUT2D eigenvalue weighted by molar-refractivity contribution is -0.113. The van der Waals surface area contributed by atoms with E-state index < -0.39 is 0 Å². The first-order valence-corrected chi connectivity index (χ1v) is 9.83. The van der Waals surface area contributed by atoms with Gasteiger partial charge in [0.05, 0.1) is 12.9 Å². The first-order valence-electron chi connectivity index (χ1n) is 8.85. The smallest absolute Gasteiger partial charge is 0.243 e. The number of aromatic nitrogens is 5. The highest BCUT2D eigenvalue weighted by molar-refractivity contribution is 7.99. The van der Waals surface area contributed by atoms with Crippen molar-refractivity contribution in [3.8, 4) is 28.8 Å². The molecule has 0 saturated carbocycles. The number of fused-ring (bicyclic) bond motifs is 1. The van der Waals surface area contributed by atoms with Crippen LogP contribution in [0.15, 0.2) is 29.6 Å². The number of anilines is 1. The van der Waals surface area contributed by atoms with Gasteiger partial charge in [-0.05, 0) is 12.1 Å². The number of ether oxygens (including phenoxy) is 3. The lowest BCUT2D eigenvalue weighted by Crippen LogP contribution is -2.17. The largest absolute Gasteiger partial charge is 0.486 e. The number of rotatable bonds is 6. The summed E-state index contributed by atoms with van der Waals surface area (Å²) in [7, 11) is 5.20. The average Bonchev–Trinajstić information content (AvgIpc) is 3.28. The van der Waals surface area contributed by atoms with Gasteiger partial charge in [-0.1, -0.05) is 11.8 Å². The zero-order valence-corrected chi connectivity index (χ0v) is 17.0. The molecule has 0 bridgehead atoms. The molecule has 0 atom stereocenters. The quantitative estimate of drug-likeness (QED) is 0.606. The molecule has 10 nitrogen and oxygen atoms in total. The van der Waals surface area contributed by atoms with Crippen LogP contribution in [0, 0.1) is 0 Å². The molecular weight excluding hydrogens is 396 g/mol. The van der Waals surface area contributed by atoms with Crippen LogP contribution in [0.4, 0.5) is 5.69 Å². The number of nitrogens with one attached hydrogen (secondary N) is 1. The summed E-state index contributed by atoms with van der Waals surface area (Å²) < 4.78 is 19.8. The van der Waals surface area contributed by atoms with Crippen LogP contribution in [-0.2, 0) is 18.9 Å². The molecule has 0 saturated heterocycles. The molecule has 0 aliphatic carbocycles. The molecule has 0 radical (unpaired) electrons. The summed E-state index contributed by atoms with van der Waals surface area (Å²) in [5, 5.41) is 16.1. The van der Waals surface area contributed by atoms with Gasteiger partial charge < -0.3 is 24.1 Å². The second kappa shape index (κ2) is 8.03. The minimum absolute atomic E-state index is 0.157. The average molecular weight is 416 g/mol. The van der Waals surface area contributed by atoms with Crippen molar-refractivity contribution in [2.75, 3.05) is 31.4 Å². The summed E-state index contributed by atoms with van der Waals surface area (Å²) in [6, 6.07) is 5.32. The minimum atomic E-state index is -0.157. The Morgan fingerprint density at radius 2 is 2.03 bits per heavy atom. The van der Waals surface area contributed by atoms with Gasteiger partial charge in [-0.25, -0.2) is 0 Å². The van der Waals surface area contributed by atoms with Crippen LogP contribution >= 0.6 is 11.8 Å². The predicted octanol–water partition coefficient (Wildman–Crippen LogP) is 1.73. The van der Waals surface area contributed by atoms with Crippen LogP contribution in [-0.4, -0.2) is 56.5 Å². The number of aryl methyl sites for hydroxylation is 1. The Bertz CT molecular complexity index is 1050. The van der Waals surface area contributed by atoms with Crippen LogP contribution in [0.1, 0.15) is 0 Å². The molecule has 0 spiro atoms. The van der Waals surface area contributed by atoms with E-state index in [2.05, 4.69) is 20.6 Å². The molecule has 1 aliphatic heterocycles. The van der Waals surface area contributed by atoms with E-state index in [4.69, 9.17) is 14.2 Å². The zero-order chi connectivity index (χ0) is 20.4. The van der Waals surface area contributed by atoms with Crippen molar-refractivity contribution in [1.82, 2.24) is 24.5 Å². The Morgan fingerprint density at radius 3 is 2.83 bits per heavy atom. The highest BCUT2D eigenvalue weighted by Gasteiger charge is 2.19. The molecular formula is C18H20N6O4S. The fourth-order valence-corrected chi connectivity index (χ4v) is 3.61. The number of carbonyl (C=O) groups excluding carboxylic acids is 1. The second-order valence-electron chi connectivity index (χ2n) is 6.29. The molecule has 4 rings (SSSR count). The first-order chi connectivity index (χ1) is 14.0.